The second-order valence-corrected chi connectivity index (χ2v) is 5.32. The van der Waals surface area contributed by atoms with Crippen molar-refractivity contribution < 1.29 is 13.5 Å². The van der Waals surface area contributed by atoms with Gasteiger partial charge in [0.05, 0.1) is 0 Å². The van der Waals surface area contributed by atoms with Crippen LogP contribution < -0.4 is 4.74 Å². The van der Waals surface area contributed by atoms with Gasteiger partial charge in [0.25, 0.3) is 0 Å². The van der Waals surface area contributed by atoms with Crippen molar-refractivity contribution >= 4 is 0 Å². The highest BCUT2D eigenvalue weighted by Crippen LogP contribution is 2.34. The SMILES string of the molecule is Cc1ccc(-c2ccccc2)c(-c2cccc(OC(F)F)c2)c1. The normalized spacial score (nSPS) is 10.8. The van der Waals surface area contributed by atoms with E-state index in [1.54, 1.807) is 12.1 Å². The van der Waals surface area contributed by atoms with Crippen LogP contribution in [-0.4, -0.2) is 6.61 Å². The van der Waals surface area contributed by atoms with E-state index in [1.807, 2.05) is 49.4 Å². The monoisotopic (exact) mass is 310 g/mol. The fraction of sp³-hybridized carbons (Fsp3) is 0.100. The van der Waals surface area contributed by atoms with Crippen molar-refractivity contribution in [2.75, 3.05) is 0 Å². The van der Waals surface area contributed by atoms with Crippen molar-refractivity contribution in [1.82, 2.24) is 0 Å². The highest BCUT2D eigenvalue weighted by atomic mass is 19.3. The lowest BCUT2D eigenvalue weighted by Gasteiger charge is -2.13. The molecule has 0 bridgehead atoms. The molecule has 0 heterocycles. The molecule has 0 amide bonds. The summed E-state index contributed by atoms with van der Waals surface area (Å²) in [5, 5.41) is 0. The third-order valence-electron chi connectivity index (χ3n) is 3.63. The Morgan fingerprint density at radius 3 is 2.22 bits per heavy atom. The third-order valence-corrected chi connectivity index (χ3v) is 3.63. The first-order valence-corrected chi connectivity index (χ1v) is 7.35. The molecule has 116 valence electrons. The van der Waals surface area contributed by atoms with Crippen LogP contribution in [0.2, 0.25) is 0 Å². The molecule has 3 rings (SSSR count). The number of alkyl halides is 2. The Labute approximate surface area is 134 Å². The van der Waals surface area contributed by atoms with Crippen molar-refractivity contribution in [3.05, 3.63) is 78.4 Å². The molecule has 0 N–H and O–H groups in total. The molecule has 0 atom stereocenters. The molecular weight excluding hydrogens is 294 g/mol. The van der Waals surface area contributed by atoms with Gasteiger partial charge in [-0.15, -0.1) is 0 Å². The van der Waals surface area contributed by atoms with Gasteiger partial charge in [-0.3, -0.25) is 0 Å². The van der Waals surface area contributed by atoms with Crippen LogP contribution in [0, 0.1) is 6.92 Å². The molecule has 0 aliphatic heterocycles. The zero-order chi connectivity index (χ0) is 16.2. The van der Waals surface area contributed by atoms with E-state index in [4.69, 9.17) is 0 Å². The lowest BCUT2D eigenvalue weighted by atomic mass is 9.93. The summed E-state index contributed by atoms with van der Waals surface area (Å²) in [5.41, 5.74) is 5.11. The van der Waals surface area contributed by atoms with Crippen LogP contribution in [0.3, 0.4) is 0 Å². The van der Waals surface area contributed by atoms with Crippen LogP contribution in [0.4, 0.5) is 8.78 Å². The average molecular weight is 310 g/mol. The molecule has 1 nitrogen and oxygen atoms in total. The fourth-order valence-electron chi connectivity index (χ4n) is 2.61. The summed E-state index contributed by atoms with van der Waals surface area (Å²) in [6, 6.07) is 23.0. The topological polar surface area (TPSA) is 9.23 Å². The summed E-state index contributed by atoms with van der Waals surface area (Å²) in [6.07, 6.45) is 0. The molecule has 0 aliphatic rings. The van der Waals surface area contributed by atoms with E-state index in [-0.39, 0.29) is 5.75 Å². The lowest BCUT2D eigenvalue weighted by Crippen LogP contribution is -2.01. The van der Waals surface area contributed by atoms with E-state index in [9.17, 15) is 8.78 Å². The van der Waals surface area contributed by atoms with Gasteiger partial charge in [0.1, 0.15) is 5.75 Å². The highest BCUT2D eigenvalue weighted by molar-refractivity contribution is 5.84. The predicted molar refractivity (Wildman–Crippen MR) is 88.7 cm³/mol. The zero-order valence-corrected chi connectivity index (χ0v) is 12.7. The molecular formula is C20H16F2O. The van der Waals surface area contributed by atoms with Gasteiger partial charge in [-0.05, 0) is 41.3 Å². The first-order chi connectivity index (χ1) is 11.1. The lowest BCUT2D eigenvalue weighted by molar-refractivity contribution is -0.0498. The minimum Gasteiger partial charge on any atom is -0.435 e. The van der Waals surface area contributed by atoms with Gasteiger partial charge in [-0.25, -0.2) is 0 Å². The molecule has 0 aliphatic carbocycles. The standard InChI is InChI=1S/C20H16F2O/c1-14-10-11-18(15-6-3-2-4-7-15)19(12-14)16-8-5-9-17(13-16)23-20(21)22/h2-13,20H,1H3. The first-order valence-electron chi connectivity index (χ1n) is 7.35. The number of ether oxygens (including phenoxy) is 1. The van der Waals surface area contributed by atoms with Crippen molar-refractivity contribution in [3.63, 3.8) is 0 Å². The summed E-state index contributed by atoms with van der Waals surface area (Å²) in [5.74, 6) is 0.165. The van der Waals surface area contributed by atoms with Crippen molar-refractivity contribution in [3.8, 4) is 28.0 Å². The number of benzene rings is 3. The molecule has 23 heavy (non-hydrogen) atoms. The van der Waals surface area contributed by atoms with Crippen molar-refractivity contribution in [1.29, 1.82) is 0 Å². The predicted octanol–water partition coefficient (Wildman–Crippen LogP) is 5.93. The van der Waals surface area contributed by atoms with Crippen LogP contribution in [-0.2, 0) is 0 Å². The highest BCUT2D eigenvalue weighted by Gasteiger charge is 2.10. The second-order valence-electron chi connectivity index (χ2n) is 5.32. The molecule has 0 spiro atoms. The van der Waals surface area contributed by atoms with Gasteiger partial charge in [-0.2, -0.15) is 8.78 Å². The van der Waals surface area contributed by atoms with Crippen molar-refractivity contribution in [2.45, 2.75) is 13.5 Å². The Bertz CT molecular complexity index is 798. The van der Waals surface area contributed by atoms with Crippen LogP contribution in [0.5, 0.6) is 5.75 Å². The van der Waals surface area contributed by atoms with Crippen molar-refractivity contribution in [2.24, 2.45) is 0 Å². The largest absolute Gasteiger partial charge is 0.435 e. The van der Waals surface area contributed by atoms with E-state index in [0.717, 1.165) is 27.8 Å². The maximum atomic E-state index is 12.4. The molecule has 3 heteroatoms. The van der Waals surface area contributed by atoms with E-state index >= 15 is 0 Å². The van der Waals surface area contributed by atoms with Gasteiger partial charge < -0.3 is 4.74 Å². The quantitative estimate of drug-likeness (QED) is 0.580. The van der Waals surface area contributed by atoms with E-state index in [2.05, 4.69) is 16.9 Å². The number of hydrogen-bond donors (Lipinski definition) is 0. The Hall–Kier alpha value is -2.68. The molecule has 0 fully saturated rings. The van der Waals surface area contributed by atoms with Gasteiger partial charge in [0.15, 0.2) is 0 Å². The summed E-state index contributed by atoms with van der Waals surface area (Å²) < 4.78 is 29.4. The van der Waals surface area contributed by atoms with Crippen LogP contribution in [0.1, 0.15) is 5.56 Å². The first kappa shape index (κ1) is 15.2. The van der Waals surface area contributed by atoms with Crippen LogP contribution in [0.25, 0.3) is 22.3 Å². The summed E-state index contributed by atoms with van der Waals surface area (Å²) in [6.45, 7) is -0.811. The average Bonchev–Trinajstić information content (AvgIpc) is 2.55. The Morgan fingerprint density at radius 2 is 1.48 bits per heavy atom. The summed E-state index contributed by atoms with van der Waals surface area (Å²) >= 11 is 0. The minimum absolute atomic E-state index is 0.165. The second kappa shape index (κ2) is 6.61. The maximum absolute atomic E-state index is 12.4. The molecule has 0 saturated heterocycles. The number of halogens is 2. The number of aryl methyl sites for hydroxylation is 1. The van der Waals surface area contributed by atoms with Gasteiger partial charge in [-0.1, -0.05) is 66.2 Å². The molecule has 0 aromatic heterocycles. The smallest absolute Gasteiger partial charge is 0.387 e. The Balaban J connectivity index is 2.11. The number of rotatable bonds is 4. The molecule has 0 unspecified atom stereocenters. The van der Waals surface area contributed by atoms with E-state index < -0.39 is 6.61 Å². The van der Waals surface area contributed by atoms with Crippen LogP contribution in [0.15, 0.2) is 72.8 Å². The Morgan fingerprint density at radius 1 is 0.739 bits per heavy atom. The number of hydrogen-bond acceptors (Lipinski definition) is 1. The van der Waals surface area contributed by atoms with Crippen LogP contribution >= 0.6 is 0 Å². The molecule has 0 saturated carbocycles. The van der Waals surface area contributed by atoms with E-state index in [0.29, 0.717) is 0 Å². The molecule has 3 aromatic rings. The fourth-order valence-corrected chi connectivity index (χ4v) is 2.61. The molecule has 3 aromatic carbocycles. The molecule has 0 radical (unpaired) electrons. The summed E-state index contributed by atoms with van der Waals surface area (Å²) in [7, 11) is 0. The van der Waals surface area contributed by atoms with Gasteiger partial charge in [0, 0.05) is 0 Å². The minimum atomic E-state index is -2.82. The zero-order valence-electron chi connectivity index (χ0n) is 12.7. The third kappa shape index (κ3) is 3.57. The van der Waals surface area contributed by atoms with E-state index in [1.165, 1.54) is 6.07 Å². The van der Waals surface area contributed by atoms with Gasteiger partial charge >= 0.3 is 6.61 Å². The Kier molecular flexibility index (Phi) is 4.38. The summed E-state index contributed by atoms with van der Waals surface area (Å²) in [4.78, 5) is 0. The van der Waals surface area contributed by atoms with Gasteiger partial charge in [0.2, 0.25) is 0 Å². The maximum Gasteiger partial charge on any atom is 0.387 e.